The van der Waals surface area contributed by atoms with Gasteiger partial charge in [0.1, 0.15) is 11.4 Å². The Balaban J connectivity index is 1.73. The van der Waals surface area contributed by atoms with Crippen LogP contribution in [0.1, 0.15) is 18.2 Å². The van der Waals surface area contributed by atoms with Gasteiger partial charge in [0.15, 0.2) is 11.5 Å². The molecule has 1 atom stereocenters. The van der Waals surface area contributed by atoms with E-state index >= 15 is 0 Å². The minimum absolute atomic E-state index is 0.0162. The maximum atomic E-state index is 13.5. The molecule has 1 unspecified atom stereocenters. The summed E-state index contributed by atoms with van der Waals surface area (Å²) in [5.41, 5.74) is -0.439. The summed E-state index contributed by atoms with van der Waals surface area (Å²) in [6.07, 6.45) is 1.93. The van der Waals surface area contributed by atoms with E-state index in [4.69, 9.17) is 4.74 Å². The summed E-state index contributed by atoms with van der Waals surface area (Å²) in [7, 11) is 1.80. The Morgan fingerprint density at radius 3 is 2.69 bits per heavy atom. The van der Waals surface area contributed by atoms with Gasteiger partial charge in [-0.2, -0.15) is 18.3 Å². The molecule has 0 spiro atoms. The van der Waals surface area contributed by atoms with Crippen LogP contribution in [0.5, 0.6) is 0 Å². The third kappa shape index (κ3) is 3.93. The van der Waals surface area contributed by atoms with Crippen LogP contribution in [-0.4, -0.2) is 44.4 Å². The number of aryl methyl sites for hydroxylation is 1. The highest BCUT2D eigenvalue weighted by Gasteiger charge is 2.38. The molecule has 1 fully saturated rings. The molecule has 0 aromatic carbocycles. The SMILES string of the molecule is Cn1cc(C2(C)CN(c3cc(C(F)(F)F)nc(-c4cccnc4)n3)CCO2)cn1. The van der Waals surface area contributed by atoms with E-state index < -0.39 is 17.5 Å². The van der Waals surface area contributed by atoms with Crippen LogP contribution in [0.25, 0.3) is 11.4 Å². The number of rotatable bonds is 3. The van der Waals surface area contributed by atoms with Crippen molar-refractivity contribution in [2.24, 2.45) is 7.05 Å². The molecule has 4 heterocycles. The van der Waals surface area contributed by atoms with Gasteiger partial charge in [-0.15, -0.1) is 0 Å². The Kier molecular flexibility index (Phi) is 4.73. The smallest absolute Gasteiger partial charge is 0.367 e. The van der Waals surface area contributed by atoms with Crippen molar-refractivity contribution < 1.29 is 17.9 Å². The normalized spacial score (nSPS) is 20.1. The molecule has 3 aromatic heterocycles. The van der Waals surface area contributed by atoms with Crippen LogP contribution in [0, 0.1) is 0 Å². The highest BCUT2D eigenvalue weighted by Crippen LogP contribution is 2.35. The Hall–Kier alpha value is -3.01. The number of morpholine rings is 1. The molecule has 0 radical (unpaired) electrons. The molecule has 3 aromatic rings. The van der Waals surface area contributed by atoms with Gasteiger partial charge in [0.05, 0.1) is 19.3 Å². The number of hydrogen-bond donors (Lipinski definition) is 0. The fraction of sp³-hybridized carbons (Fsp3) is 0.368. The van der Waals surface area contributed by atoms with E-state index in [0.29, 0.717) is 25.3 Å². The second kappa shape index (κ2) is 7.11. The van der Waals surface area contributed by atoms with Crippen molar-refractivity contribution in [3.05, 3.63) is 54.2 Å². The van der Waals surface area contributed by atoms with Crippen LogP contribution >= 0.6 is 0 Å². The molecule has 1 aliphatic rings. The highest BCUT2D eigenvalue weighted by atomic mass is 19.4. The lowest BCUT2D eigenvalue weighted by atomic mass is 9.97. The fourth-order valence-electron chi connectivity index (χ4n) is 3.30. The molecule has 1 saturated heterocycles. The van der Waals surface area contributed by atoms with Crippen molar-refractivity contribution in [3.63, 3.8) is 0 Å². The largest absolute Gasteiger partial charge is 0.433 e. The number of nitrogens with zero attached hydrogens (tertiary/aromatic N) is 6. The van der Waals surface area contributed by atoms with Crippen LogP contribution in [0.3, 0.4) is 0 Å². The van der Waals surface area contributed by atoms with E-state index in [-0.39, 0.29) is 11.6 Å². The summed E-state index contributed by atoms with van der Waals surface area (Å²) >= 11 is 0. The summed E-state index contributed by atoms with van der Waals surface area (Å²) in [5, 5.41) is 4.17. The molecule has 0 aliphatic carbocycles. The van der Waals surface area contributed by atoms with Crippen LogP contribution in [-0.2, 0) is 23.6 Å². The van der Waals surface area contributed by atoms with Crippen LogP contribution in [0.4, 0.5) is 19.0 Å². The quantitative estimate of drug-likeness (QED) is 0.669. The number of anilines is 1. The summed E-state index contributed by atoms with van der Waals surface area (Å²) < 4.78 is 48.1. The predicted molar refractivity (Wildman–Crippen MR) is 99.0 cm³/mol. The van der Waals surface area contributed by atoms with Gasteiger partial charge < -0.3 is 9.64 Å². The zero-order chi connectivity index (χ0) is 20.6. The van der Waals surface area contributed by atoms with Gasteiger partial charge in [0.25, 0.3) is 0 Å². The number of alkyl halides is 3. The Morgan fingerprint density at radius 2 is 2.03 bits per heavy atom. The molecule has 0 saturated carbocycles. The standard InChI is InChI=1S/C19H19F3N6O/c1-18(14-10-24-27(2)11-14)12-28(6-7-29-18)16-8-15(19(20,21)22)25-17(26-16)13-4-3-5-23-9-13/h3-5,8-11H,6-7,12H2,1-2H3. The van der Waals surface area contributed by atoms with E-state index in [1.807, 2.05) is 13.1 Å². The first-order valence-electron chi connectivity index (χ1n) is 8.99. The lowest BCUT2D eigenvalue weighted by molar-refractivity contribution is -0.141. The first-order chi connectivity index (χ1) is 13.7. The van der Waals surface area contributed by atoms with Gasteiger partial charge >= 0.3 is 6.18 Å². The molecule has 4 rings (SSSR count). The lowest BCUT2D eigenvalue weighted by Crippen LogP contribution is -2.48. The average molecular weight is 404 g/mol. The van der Waals surface area contributed by atoms with Gasteiger partial charge in [0, 0.05) is 49.4 Å². The molecule has 0 bridgehead atoms. The van der Waals surface area contributed by atoms with Crippen molar-refractivity contribution in [1.82, 2.24) is 24.7 Å². The van der Waals surface area contributed by atoms with Gasteiger partial charge in [-0.05, 0) is 19.1 Å². The third-order valence-electron chi connectivity index (χ3n) is 4.84. The van der Waals surface area contributed by atoms with Crippen molar-refractivity contribution in [1.29, 1.82) is 0 Å². The minimum atomic E-state index is -4.59. The number of aromatic nitrogens is 5. The van der Waals surface area contributed by atoms with Gasteiger partial charge in [0.2, 0.25) is 0 Å². The topological polar surface area (TPSA) is 69.0 Å². The lowest BCUT2D eigenvalue weighted by Gasteiger charge is -2.40. The summed E-state index contributed by atoms with van der Waals surface area (Å²) in [6, 6.07) is 4.24. The van der Waals surface area contributed by atoms with E-state index in [1.54, 1.807) is 41.2 Å². The third-order valence-corrected chi connectivity index (χ3v) is 4.84. The van der Waals surface area contributed by atoms with Crippen LogP contribution in [0.2, 0.25) is 0 Å². The molecule has 7 nitrogen and oxygen atoms in total. The first kappa shape index (κ1) is 19.3. The number of pyridine rings is 1. The minimum Gasteiger partial charge on any atom is -0.367 e. The molecule has 152 valence electrons. The van der Waals surface area contributed by atoms with E-state index in [0.717, 1.165) is 11.6 Å². The van der Waals surface area contributed by atoms with Crippen LogP contribution < -0.4 is 4.90 Å². The highest BCUT2D eigenvalue weighted by molar-refractivity contribution is 5.57. The van der Waals surface area contributed by atoms with E-state index in [2.05, 4.69) is 20.1 Å². The van der Waals surface area contributed by atoms with Gasteiger partial charge in [-0.1, -0.05) is 0 Å². The Bertz CT molecular complexity index is 1010. The van der Waals surface area contributed by atoms with Crippen LogP contribution in [0.15, 0.2) is 43.0 Å². The predicted octanol–water partition coefficient (Wildman–Crippen LogP) is 3.04. The molecule has 0 N–H and O–H groups in total. The average Bonchev–Trinajstić information content (AvgIpc) is 3.15. The number of halogens is 3. The van der Waals surface area contributed by atoms with Gasteiger partial charge in [-0.25, -0.2) is 9.97 Å². The molecule has 1 aliphatic heterocycles. The first-order valence-corrected chi connectivity index (χ1v) is 8.99. The van der Waals surface area contributed by atoms with E-state index in [9.17, 15) is 13.2 Å². The molecular formula is C19H19F3N6O. The molecule has 10 heteroatoms. The monoisotopic (exact) mass is 404 g/mol. The second-order valence-corrected chi connectivity index (χ2v) is 7.08. The summed E-state index contributed by atoms with van der Waals surface area (Å²) in [5.74, 6) is 0.182. The van der Waals surface area contributed by atoms with Crippen molar-refractivity contribution in [3.8, 4) is 11.4 Å². The Morgan fingerprint density at radius 1 is 1.21 bits per heavy atom. The molecule has 29 heavy (non-hydrogen) atoms. The summed E-state index contributed by atoms with van der Waals surface area (Å²) in [4.78, 5) is 13.9. The van der Waals surface area contributed by atoms with E-state index in [1.165, 1.54) is 6.20 Å². The maximum absolute atomic E-state index is 13.5. The van der Waals surface area contributed by atoms with Crippen molar-refractivity contribution in [2.45, 2.75) is 18.7 Å². The summed E-state index contributed by atoms with van der Waals surface area (Å²) in [6.45, 7) is 2.99. The zero-order valence-electron chi connectivity index (χ0n) is 15.9. The molecular weight excluding hydrogens is 385 g/mol. The van der Waals surface area contributed by atoms with Crippen molar-refractivity contribution in [2.75, 3.05) is 24.6 Å². The molecule has 0 amide bonds. The fourth-order valence-corrected chi connectivity index (χ4v) is 3.30. The Labute approximate surface area is 165 Å². The van der Waals surface area contributed by atoms with Gasteiger partial charge in [-0.3, -0.25) is 9.67 Å². The second-order valence-electron chi connectivity index (χ2n) is 7.08. The zero-order valence-corrected chi connectivity index (χ0v) is 15.9. The maximum Gasteiger partial charge on any atom is 0.433 e. The number of hydrogen-bond acceptors (Lipinski definition) is 6. The van der Waals surface area contributed by atoms with Crippen molar-refractivity contribution >= 4 is 5.82 Å². The number of ether oxygens (including phenoxy) is 1.